The average molecular weight is 342 g/mol. The van der Waals surface area contributed by atoms with E-state index < -0.39 is 11.1 Å². The molecule has 110 valence electrons. The van der Waals surface area contributed by atoms with E-state index in [0.29, 0.717) is 9.90 Å². The molecule has 1 heterocycles. The number of carbonyl (C=O) groups is 1. The summed E-state index contributed by atoms with van der Waals surface area (Å²) in [7, 11) is 0. The third-order valence-electron chi connectivity index (χ3n) is 3.47. The molecule has 1 aromatic heterocycles. The lowest BCUT2D eigenvalue weighted by molar-refractivity contribution is 0.0941. The Hall–Kier alpha value is -1.21. The Balaban J connectivity index is 1.76. The number of thiophene rings is 1. The van der Waals surface area contributed by atoms with E-state index in [-0.39, 0.29) is 16.2 Å². The normalized spacial score (nSPS) is 18.3. The van der Waals surface area contributed by atoms with E-state index in [9.17, 15) is 9.00 Å². The van der Waals surface area contributed by atoms with E-state index in [4.69, 9.17) is 16.2 Å². The maximum Gasteiger partial charge on any atom is 0.261 e. The number of fused-ring (bicyclic) bond motifs is 1. The molecule has 21 heavy (non-hydrogen) atoms. The molecular formula is C14H12ClNO3S2. The maximum absolute atomic E-state index is 12.2. The van der Waals surface area contributed by atoms with Gasteiger partial charge in [0.15, 0.2) is 11.1 Å². The molecule has 0 radical (unpaired) electrons. The Morgan fingerprint density at radius 3 is 2.90 bits per heavy atom. The van der Waals surface area contributed by atoms with E-state index in [2.05, 4.69) is 5.32 Å². The van der Waals surface area contributed by atoms with Gasteiger partial charge in [-0.3, -0.25) is 4.79 Å². The highest BCUT2D eigenvalue weighted by molar-refractivity contribution is 7.81. The van der Waals surface area contributed by atoms with Gasteiger partial charge in [-0.2, -0.15) is 0 Å². The Kier molecular flexibility index (Phi) is 4.12. The van der Waals surface area contributed by atoms with Crippen molar-refractivity contribution in [3.63, 3.8) is 0 Å². The Morgan fingerprint density at radius 2 is 2.19 bits per heavy atom. The first kappa shape index (κ1) is 14.7. The summed E-state index contributed by atoms with van der Waals surface area (Å²) < 4.78 is 20.2. The van der Waals surface area contributed by atoms with E-state index in [0.717, 1.165) is 35.3 Å². The summed E-state index contributed by atoms with van der Waals surface area (Å²) in [5.41, 5.74) is 2.26. The van der Waals surface area contributed by atoms with Gasteiger partial charge >= 0.3 is 0 Å². The van der Waals surface area contributed by atoms with Gasteiger partial charge in [0.25, 0.3) is 5.91 Å². The first-order valence-corrected chi connectivity index (χ1v) is 8.64. The fraction of sp³-hybridized carbons (Fsp3) is 0.214. The van der Waals surface area contributed by atoms with Gasteiger partial charge < -0.3 is 9.87 Å². The number of rotatable bonds is 3. The van der Waals surface area contributed by atoms with Crippen LogP contribution in [0.4, 0.5) is 0 Å². The van der Waals surface area contributed by atoms with Crippen LogP contribution in [-0.2, 0) is 17.5 Å². The van der Waals surface area contributed by atoms with Crippen molar-refractivity contribution in [1.82, 2.24) is 5.32 Å². The van der Waals surface area contributed by atoms with Crippen LogP contribution < -0.4 is 5.32 Å². The molecule has 3 rings (SSSR count). The smallest absolute Gasteiger partial charge is 0.261 e. The molecule has 7 heteroatoms. The molecule has 0 aliphatic heterocycles. The fourth-order valence-corrected chi connectivity index (χ4v) is 4.08. The van der Waals surface area contributed by atoms with Crippen molar-refractivity contribution in [3.05, 3.63) is 51.4 Å². The monoisotopic (exact) mass is 341 g/mol. The summed E-state index contributed by atoms with van der Waals surface area (Å²) in [4.78, 5) is 12.6. The summed E-state index contributed by atoms with van der Waals surface area (Å²) in [5.74, 6) is -0.218. The molecule has 0 bridgehead atoms. The van der Waals surface area contributed by atoms with Gasteiger partial charge in [-0.25, -0.2) is 4.21 Å². The summed E-state index contributed by atoms with van der Waals surface area (Å²) in [6.45, 7) is 0. The molecule has 1 aliphatic rings. The van der Waals surface area contributed by atoms with Gasteiger partial charge in [-0.05, 0) is 48.2 Å². The number of aryl methyl sites for hydroxylation is 1. The molecule has 1 aliphatic carbocycles. The molecule has 0 saturated carbocycles. The fourth-order valence-electron chi connectivity index (χ4n) is 2.50. The van der Waals surface area contributed by atoms with E-state index in [1.54, 1.807) is 6.07 Å². The molecule has 0 fully saturated rings. The molecule has 2 unspecified atom stereocenters. The first-order valence-electron chi connectivity index (χ1n) is 6.34. The summed E-state index contributed by atoms with van der Waals surface area (Å²) in [5, 5.41) is 3.67. The molecular weight excluding hydrogens is 330 g/mol. The van der Waals surface area contributed by atoms with Crippen LogP contribution in [0.5, 0.6) is 0 Å². The van der Waals surface area contributed by atoms with Crippen molar-refractivity contribution < 1.29 is 13.6 Å². The Bertz CT molecular complexity index is 729. The lowest BCUT2D eigenvalue weighted by atomic mass is 10.1. The highest BCUT2D eigenvalue weighted by atomic mass is 35.5. The van der Waals surface area contributed by atoms with E-state index in [1.165, 1.54) is 6.07 Å². The lowest BCUT2D eigenvalue weighted by Crippen LogP contribution is -2.26. The van der Waals surface area contributed by atoms with E-state index >= 15 is 0 Å². The molecule has 0 saturated heterocycles. The zero-order valence-corrected chi connectivity index (χ0v) is 13.2. The van der Waals surface area contributed by atoms with Crippen LogP contribution in [0, 0.1) is 0 Å². The van der Waals surface area contributed by atoms with Crippen molar-refractivity contribution in [3.8, 4) is 0 Å². The van der Waals surface area contributed by atoms with Crippen LogP contribution in [0.1, 0.15) is 33.3 Å². The summed E-state index contributed by atoms with van der Waals surface area (Å²) in [6.07, 6.45) is 1.72. The highest BCUT2D eigenvalue weighted by Crippen LogP contribution is 2.33. The zero-order valence-electron chi connectivity index (χ0n) is 10.8. The molecule has 0 spiro atoms. The van der Waals surface area contributed by atoms with Gasteiger partial charge in [0.05, 0.1) is 10.9 Å². The number of halogens is 1. The molecule has 4 nitrogen and oxygen atoms in total. The molecule has 2 aromatic rings. The third kappa shape index (κ3) is 3.03. The minimum atomic E-state index is -2.04. The minimum Gasteiger partial charge on any atom is -0.345 e. The largest absolute Gasteiger partial charge is 0.345 e. The number of carbonyl (C=O) groups excluding carboxylic acids is 1. The number of benzene rings is 1. The second-order valence-electron chi connectivity index (χ2n) is 4.78. The predicted octanol–water partition coefficient (Wildman–Crippen LogP) is 3.40. The van der Waals surface area contributed by atoms with Gasteiger partial charge in [0, 0.05) is 5.02 Å². The van der Waals surface area contributed by atoms with Crippen LogP contribution in [-0.4, -0.2) is 14.7 Å². The molecule has 2 atom stereocenters. The zero-order chi connectivity index (χ0) is 15.0. The van der Waals surface area contributed by atoms with Crippen molar-refractivity contribution in [2.45, 2.75) is 23.1 Å². The van der Waals surface area contributed by atoms with Gasteiger partial charge in [-0.1, -0.05) is 17.7 Å². The molecule has 1 aromatic carbocycles. The Morgan fingerprint density at radius 1 is 1.38 bits per heavy atom. The second-order valence-corrected chi connectivity index (χ2v) is 7.49. The number of hydrogen-bond acceptors (Lipinski definition) is 3. The molecule has 2 N–H and O–H groups in total. The summed E-state index contributed by atoms with van der Waals surface area (Å²) in [6, 6.07) is 8.73. The number of hydrogen-bond donors (Lipinski definition) is 2. The van der Waals surface area contributed by atoms with Crippen molar-refractivity contribution >= 4 is 39.9 Å². The topological polar surface area (TPSA) is 66.4 Å². The summed E-state index contributed by atoms with van der Waals surface area (Å²) >= 11 is 4.96. The van der Waals surface area contributed by atoms with Crippen LogP contribution in [0.3, 0.4) is 0 Å². The first-order chi connectivity index (χ1) is 10.0. The molecule has 1 amide bonds. The Labute approximate surface area is 133 Å². The average Bonchev–Trinajstić information content (AvgIpc) is 3.06. The number of nitrogens with one attached hydrogen (secondary N) is 1. The van der Waals surface area contributed by atoms with Gasteiger partial charge in [0.1, 0.15) is 4.21 Å². The number of amides is 1. The van der Waals surface area contributed by atoms with Gasteiger partial charge in [-0.15, -0.1) is 11.3 Å². The highest BCUT2D eigenvalue weighted by Gasteiger charge is 2.25. The van der Waals surface area contributed by atoms with Crippen molar-refractivity contribution in [2.75, 3.05) is 0 Å². The van der Waals surface area contributed by atoms with Crippen LogP contribution in [0.25, 0.3) is 0 Å². The maximum atomic E-state index is 12.2. The SMILES string of the molecule is O=C(NC1CCc2cc(Cl)ccc21)c1ccc(S(=O)O)s1. The van der Waals surface area contributed by atoms with Crippen LogP contribution in [0.15, 0.2) is 34.5 Å². The van der Waals surface area contributed by atoms with Crippen LogP contribution >= 0.6 is 22.9 Å². The standard InChI is InChI=1S/C14H12ClNO3S2/c15-9-2-3-10-8(7-9)1-4-11(10)16-14(17)12-5-6-13(20-12)21(18)19/h2-3,5-7,11H,1,4H2,(H,16,17)(H,18,19). The lowest BCUT2D eigenvalue weighted by Gasteiger charge is -2.13. The van der Waals surface area contributed by atoms with Crippen molar-refractivity contribution in [1.29, 1.82) is 0 Å². The van der Waals surface area contributed by atoms with Crippen molar-refractivity contribution in [2.24, 2.45) is 0 Å². The quantitative estimate of drug-likeness (QED) is 0.841. The van der Waals surface area contributed by atoms with Gasteiger partial charge in [0.2, 0.25) is 0 Å². The predicted molar refractivity (Wildman–Crippen MR) is 83.3 cm³/mol. The minimum absolute atomic E-state index is 0.0325. The van der Waals surface area contributed by atoms with E-state index in [1.807, 2.05) is 18.2 Å². The third-order valence-corrected chi connectivity index (χ3v) is 5.74. The van der Waals surface area contributed by atoms with Crippen LogP contribution in [0.2, 0.25) is 5.02 Å². The second kappa shape index (κ2) is 5.88.